The van der Waals surface area contributed by atoms with Crippen LogP contribution in [0.15, 0.2) is 42.5 Å². The average Bonchev–Trinajstić information content (AvgIpc) is 3.64. The van der Waals surface area contributed by atoms with Crippen molar-refractivity contribution >= 4 is 21.7 Å². The number of imide groups is 1. The second kappa shape index (κ2) is 11.1. The molecule has 1 unspecified atom stereocenters. The highest BCUT2D eigenvalue weighted by Gasteiger charge is 2.34. The number of carbonyl (C=O) groups is 2. The maximum atomic E-state index is 14.2. The number of ether oxygens (including phenoxy) is 1. The van der Waals surface area contributed by atoms with Gasteiger partial charge < -0.3 is 4.74 Å². The van der Waals surface area contributed by atoms with Crippen LogP contribution < -0.4 is 4.74 Å². The Morgan fingerprint density at radius 3 is 2.28 bits per heavy atom. The summed E-state index contributed by atoms with van der Waals surface area (Å²) in [5, 5.41) is 0. The Balaban J connectivity index is 1.28. The fraction of sp³-hybridized carbons (Fsp3) is 0.500. The molecule has 1 saturated carbocycles. The molecule has 2 aromatic rings. The Hall–Kier alpha value is -2.74. The Morgan fingerprint density at radius 2 is 1.67 bits per heavy atom. The van der Waals surface area contributed by atoms with Gasteiger partial charge in [-0.3, -0.25) is 14.5 Å². The topological polar surface area (TPSA) is 80.8 Å². The van der Waals surface area contributed by atoms with Crippen molar-refractivity contribution in [3.8, 4) is 5.75 Å². The molecule has 2 amide bonds. The van der Waals surface area contributed by atoms with Crippen LogP contribution in [0, 0.1) is 17.7 Å². The van der Waals surface area contributed by atoms with E-state index in [1.54, 1.807) is 36.4 Å². The third-order valence-corrected chi connectivity index (χ3v) is 8.79. The number of nitrogens with zero attached hydrogens (tertiary/aromatic N) is 1. The predicted octanol–water partition coefficient (Wildman–Crippen LogP) is 5.24. The highest BCUT2D eigenvalue weighted by atomic mass is 32.2. The van der Waals surface area contributed by atoms with Gasteiger partial charge in [-0.25, -0.2) is 12.8 Å². The lowest BCUT2D eigenvalue weighted by Gasteiger charge is -2.22. The summed E-state index contributed by atoms with van der Waals surface area (Å²) >= 11 is 0. The number of fused-ring (bicyclic) bond motifs is 1. The van der Waals surface area contributed by atoms with Gasteiger partial charge in [0.2, 0.25) is 0 Å². The van der Waals surface area contributed by atoms with Crippen molar-refractivity contribution in [2.24, 2.45) is 11.8 Å². The van der Waals surface area contributed by atoms with Crippen molar-refractivity contribution in [1.29, 1.82) is 0 Å². The van der Waals surface area contributed by atoms with Crippen LogP contribution in [0.4, 0.5) is 4.39 Å². The SMILES string of the molecule is CC(C)C(CS(=O)(=O)CCCCCN1C(=O)c2ccccc2C1=O)c1ccc(F)c(OCC2CC2)c1. The molecule has 2 aliphatic rings. The normalized spacial score (nSPS) is 16.5. The van der Waals surface area contributed by atoms with Crippen LogP contribution in [0.2, 0.25) is 0 Å². The number of benzene rings is 2. The maximum absolute atomic E-state index is 14.2. The molecule has 36 heavy (non-hydrogen) atoms. The first-order chi connectivity index (χ1) is 17.2. The summed E-state index contributed by atoms with van der Waals surface area (Å²) in [5.74, 6) is -0.524. The molecule has 4 rings (SSSR count). The number of hydrogen-bond donors (Lipinski definition) is 0. The molecule has 1 fully saturated rings. The van der Waals surface area contributed by atoms with Gasteiger partial charge in [-0.2, -0.15) is 0 Å². The van der Waals surface area contributed by atoms with Gasteiger partial charge in [0.25, 0.3) is 11.8 Å². The highest BCUT2D eigenvalue weighted by Crippen LogP contribution is 2.33. The third kappa shape index (κ3) is 6.33. The van der Waals surface area contributed by atoms with Crippen molar-refractivity contribution in [2.45, 2.75) is 51.9 Å². The van der Waals surface area contributed by atoms with E-state index in [9.17, 15) is 22.4 Å². The molecular weight excluding hydrogens is 481 g/mol. The first-order valence-electron chi connectivity index (χ1n) is 12.7. The van der Waals surface area contributed by atoms with Crippen molar-refractivity contribution in [1.82, 2.24) is 4.90 Å². The first-order valence-corrected chi connectivity index (χ1v) is 14.6. The van der Waals surface area contributed by atoms with E-state index < -0.39 is 15.7 Å². The maximum Gasteiger partial charge on any atom is 0.261 e. The average molecular weight is 516 g/mol. The summed E-state index contributed by atoms with van der Waals surface area (Å²) in [6.45, 7) is 4.71. The summed E-state index contributed by atoms with van der Waals surface area (Å²) in [6, 6.07) is 11.4. The minimum Gasteiger partial charge on any atom is -0.490 e. The lowest BCUT2D eigenvalue weighted by molar-refractivity contribution is 0.0651. The summed E-state index contributed by atoms with van der Waals surface area (Å²) in [6.07, 6.45) is 3.80. The minimum atomic E-state index is -3.36. The van der Waals surface area contributed by atoms with Gasteiger partial charge in [-0.15, -0.1) is 0 Å². The molecule has 0 radical (unpaired) electrons. The molecule has 0 saturated heterocycles. The van der Waals surface area contributed by atoms with Gasteiger partial charge in [0.05, 0.1) is 29.2 Å². The van der Waals surface area contributed by atoms with E-state index in [4.69, 9.17) is 4.74 Å². The first kappa shape index (κ1) is 26.3. The van der Waals surface area contributed by atoms with Crippen LogP contribution in [0.3, 0.4) is 0 Å². The van der Waals surface area contributed by atoms with Crippen LogP contribution in [0.1, 0.15) is 78.1 Å². The summed E-state index contributed by atoms with van der Waals surface area (Å²) in [4.78, 5) is 26.1. The Morgan fingerprint density at radius 1 is 1.00 bits per heavy atom. The lowest BCUT2D eigenvalue weighted by atomic mass is 9.90. The predicted molar refractivity (Wildman–Crippen MR) is 137 cm³/mol. The molecular formula is C28H34FNO5S. The molecule has 0 N–H and O–H groups in total. The van der Waals surface area contributed by atoms with E-state index in [2.05, 4.69) is 0 Å². The van der Waals surface area contributed by atoms with Gasteiger partial charge in [0, 0.05) is 12.5 Å². The fourth-order valence-corrected chi connectivity index (χ4v) is 6.53. The number of halogens is 1. The molecule has 8 heteroatoms. The zero-order valence-electron chi connectivity index (χ0n) is 20.9. The van der Waals surface area contributed by atoms with Gasteiger partial charge in [-0.1, -0.05) is 38.5 Å². The highest BCUT2D eigenvalue weighted by molar-refractivity contribution is 7.91. The van der Waals surface area contributed by atoms with Crippen molar-refractivity contribution in [3.63, 3.8) is 0 Å². The van der Waals surface area contributed by atoms with Crippen LogP contribution in [-0.2, 0) is 9.84 Å². The molecule has 1 atom stereocenters. The van der Waals surface area contributed by atoms with E-state index in [1.807, 2.05) is 13.8 Å². The number of unbranched alkanes of at least 4 members (excludes halogenated alkanes) is 2. The van der Waals surface area contributed by atoms with Gasteiger partial charge >= 0.3 is 0 Å². The Bertz CT molecular complexity index is 1190. The fourth-order valence-electron chi connectivity index (χ4n) is 4.59. The van der Waals surface area contributed by atoms with Crippen LogP contribution in [0.25, 0.3) is 0 Å². The van der Waals surface area contributed by atoms with Gasteiger partial charge in [0.15, 0.2) is 21.4 Å². The lowest BCUT2D eigenvalue weighted by Crippen LogP contribution is -2.30. The molecule has 1 aliphatic carbocycles. The largest absolute Gasteiger partial charge is 0.490 e. The molecule has 1 heterocycles. The van der Waals surface area contributed by atoms with Gasteiger partial charge in [-0.05, 0) is 67.3 Å². The molecule has 2 aromatic carbocycles. The van der Waals surface area contributed by atoms with E-state index in [0.717, 1.165) is 18.4 Å². The van der Waals surface area contributed by atoms with E-state index in [0.29, 0.717) is 42.9 Å². The number of carbonyl (C=O) groups excluding carboxylic acids is 2. The van der Waals surface area contributed by atoms with E-state index >= 15 is 0 Å². The van der Waals surface area contributed by atoms with E-state index in [-0.39, 0.29) is 47.5 Å². The number of sulfone groups is 1. The molecule has 0 bridgehead atoms. The zero-order valence-corrected chi connectivity index (χ0v) is 21.7. The summed E-state index contributed by atoms with van der Waals surface area (Å²) < 4.78 is 45.8. The number of hydrogen-bond acceptors (Lipinski definition) is 5. The van der Waals surface area contributed by atoms with Crippen molar-refractivity contribution in [2.75, 3.05) is 24.7 Å². The molecule has 194 valence electrons. The van der Waals surface area contributed by atoms with Crippen LogP contribution >= 0.6 is 0 Å². The Kier molecular flexibility index (Phi) is 8.13. The number of rotatable bonds is 13. The van der Waals surface area contributed by atoms with Crippen LogP contribution in [0.5, 0.6) is 5.75 Å². The Labute approximate surface area is 212 Å². The monoisotopic (exact) mass is 515 g/mol. The van der Waals surface area contributed by atoms with Crippen molar-refractivity contribution < 1.29 is 27.1 Å². The molecule has 1 aliphatic heterocycles. The second-order valence-corrected chi connectivity index (χ2v) is 12.5. The van der Waals surface area contributed by atoms with Crippen LogP contribution in [-0.4, -0.2) is 49.8 Å². The zero-order chi connectivity index (χ0) is 25.9. The number of amides is 2. The molecule has 0 aromatic heterocycles. The summed E-state index contributed by atoms with van der Waals surface area (Å²) in [7, 11) is -3.36. The standard InChI is InChI=1S/C28H34FNO5S/c1-19(2)24(21-12-13-25(29)26(16-21)35-17-20-10-11-20)18-36(33,34)15-7-3-6-14-30-27(31)22-8-4-5-9-23(22)28(30)32/h4-5,8-9,12-13,16,19-20,24H,3,6-7,10-11,14-15,17-18H2,1-2H3. The van der Waals surface area contributed by atoms with Gasteiger partial charge in [0.1, 0.15) is 0 Å². The molecule has 6 nitrogen and oxygen atoms in total. The minimum absolute atomic E-state index is 0.0171. The second-order valence-electron chi connectivity index (χ2n) is 10.3. The smallest absolute Gasteiger partial charge is 0.261 e. The van der Waals surface area contributed by atoms with E-state index in [1.165, 1.54) is 11.0 Å². The summed E-state index contributed by atoms with van der Waals surface area (Å²) in [5.41, 5.74) is 1.62. The quantitative estimate of drug-likeness (QED) is 0.269. The third-order valence-electron chi connectivity index (χ3n) is 7.01. The van der Waals surface area contributed by atoms with Crippen molar-refractivity contribution in [3.05, 3.63) is 65.0 Å². The molecule has 0 spiro atoms.